The number of para-hydroxylation sites is 1. The van der Waals surface area contributed by atoms with E-state index < -0.39 is 0 Å². The minimum Gasteiger partial charge on any atom is -0.488 e. The minimum atomic E-state index is 0.239. The molecule has 0 heterocycles. The first-order valence-electron chi connectivity index (χ1n) is 6.90. The predicted octanol–water partition coefficient (Wildman–Crippen LogP) is 3.88. The quantitative estimate of drug-likeness (QED) is 0.704. The molecule has 1 unspecified atom stereocenters. The summed E-state index contributed by atoms with van der Waals surface area (Å²) < 4.78 is 6.08. The minimum absolute atomic E-state index is 0.239. The fourth-order valence-corrected chi connectivity index (χ4v) is 1.79. The molecular weight excluding hydrogens is 222 g/mol. The van der Waals surface area contributed by atoms with Crippen LogP contribution in [0.2, 0.25) is 0 Å². The first kappa shape index (κ1) is 14.8. The van der Waals surface area contributed by atoms with Gasteiger partial charge in [0.15, 0.2) is 0 Å². The molecule has 2 heteroatoms. The van der Waals surface area contributed by atoms with Gasteiger partial charge in [-0.3, -0.25) is 0 Å². The highest BCUT2D eigenvalue weighted by Crippen LogP contribution is 2.21. The summed E-state index contributed by atoms with van der Waals surface area (Å²) >= 11 is 0. The molecule has 0 saturated carbocycles. The summed E-state index contributed by atoms with van der Waals surface area (Å²) in [6, 6.07) is 8.19. The maximum Gasteiger partial charge on any atom is 0.126 e. The van der Waals surface area contributed by atoms with Crippen LogP contribution in [-0.4, -0.2) is 19.2 Å². The molecule has 0 aliphatic rings. The number of nitrogens with one attached hydrogen (secondary N) is 1. The van der Waals surface area contributed by atoms with Crippen molar-refractivity contribution in [2.45, 2.75) is 39.7 Å². The van der Waals surface area contributed by atoms with Gasteiger partial charge in [-0.1, -0.05) is 44.2 Å². The zero-order valence-corrected chi connectivity index (χ0v) is 11.8. The largest absolute Gasteiger partial charge is 0.488 e. The molecule has 0 radical (unpaired) electrons. The molecule has 0 saturated heterocycles. The van der Waals surface area contributed by atoms with E-state index in [0.29, 0.717) is 0 Å². The first-order valence-corrected chi connectivity index (χ1v) is 6.90. The zero-order valence-electron chi connectivity index (χ0n) is 11.8. The van der Waals surface area contributed by atoms with Crippen LogP contribution in [0, 0.1) is 0 Å². The van der Waals surface area contributed by atoms with Crippen LogP contribution in [0.1, 0.15) is 39.2 Å². The summed E-state index contributed by atoms with van der Waals surface area (Å²) in [6.07, 6.45) is 6.54. The van der Waals surface area contributed by atoms with Crippen molar-refractivity contribution in [2.24, 2.45) is 0 Å². The second-order valence-corrected chi connectivity index (χ2v) is 4.39. The van der Waals surface area contributed by atoms with E-state index in [-0.39, 0.29) is 6.10 Å². The van der Waals surface area contributed by atoms with Gasteiger partial charge in [0.25, 0.3) is 0 Å². The Bertz CT molecular complexity index is 360. The number of hydrogen-bond donors (Lipinski definition) is 1. The first-order chi connectivity index (χ1) is 8.81. The van der Waals surface area contributed by atoms with Crippen molar-refractivity contribution in [1.29, 1.82) is 0 Å². The summed E-state index contributed by atoms with van der Waals surface area (Å²) in [4.78, 5) is 0. The molecule has 1 aromatic carbocycles. The van der Waals surface area contributed by atoms with Gasteiger partial charge in [-0.25, -0.2) is 0 Å². The summed E-state index contributed by atoms with van der Waals surface area (Å²) in [5.74, 6) is 0.973. The van der Waals surface area contributed by atoms with Crippen molar-refractivity contribution >= 4 is 6.08 Å². The predicted molar refractivity (Wildman–Crippen MR) is 79.0 cm³/mol. The van der Waals surface area contributed by atoms with Gasteiger partial charge in [-0.15, -0.1) is 0 Å². The van der Waals surface area contributed by atoms with Gasteiger partial charge in [-0.05, 0) is 32.4 Å². The van der Waals surface area contributed by atoms with E-state index in [4.69, 9.17) is 4.74 Å². The molecule has 0 spiro atoms. The normalized spacial score (nSPS) is 12.8. The Labute approximate surface area is 111 Å². The Morgan fingerprint density at radius 3 is 2.72 bits per heavy atom. The lowest BCUT2D eigenvalue weighted by molar-refractivity contribution is 0.193. The monoisotopic (exact) mass is 247 g/mol. The third-order valence-electron chi connectivity index (χ3n) is 2.81. The van der Waals surface area contributed by atoms with Gasteiger partial charge in [0.1, 0.15) is 11.9 Å². The van der Waals surface area contributed by atoms with E-state index >= 15 is 0 Å². The number of rotatable bonds is 8. The van der Waals surface area contributed by atoms with Crippen LogP contribution in [0.15, 0.2) is 30.3 Å². The molecule has 0 bridgehead atoms. The van der Waals surface area contributed by atoms with Crippen molar-refractivity contribution in [1.82, 2.24) is 5.32 Å². The number of benzene rings is 1. The Balaban J connectivity index is 2.63. The maximum atomic E-state index is 6.08. The van der Waals surface area contributed by atoms with E-state index in [1.54, 1.807) is 0 Å². The van der Waals surface area contributed by atoms with Crippen molar-refractivity contribution in [3.63, 3.8) is 0 Å². The highest BCUT2D eigenvalue weighted by atomic mass is 16.5. The van der Waals surface area contributed by atoms with Crippen LogP contribution in [0.3, 0.4) is 0 Å². The Morgan fingerprint density at radius 1 is 1.28 bits per heavy atom. The fourth-order valence-electron chi connectivity index (χ4n) is 1.79. The highest BCUT2D eigenvalue weighted by Gasteiger charge is 2.09. The van der Waals surface area contributed by atoms with Crippen LogP contribution in [0.5, 0.6) is 5.75 Å². The lowest BCUT2D eigenvalue weighted by Gasteiger charge is -2.19. The van der Waals surface area contributed by atoms with Gasteiger partial charge in [-0.2, -0.15) is 0 Å². The average molecular weight is 247 g/mol. The second-order valence-electron chi connectivity index (χ2n) is 4.39. The molecule has 0 fully saturated rings. The van der Waals surface area contributed by atoms with E-state index in [2.05, 4.69) is 31.3 Å². The van der Waals surface area contributed by atoms with Crippen LogP contribution in [0.25, 0.3) is 6.08 Å². The smallest absolute Gasteiger partial charge is 0.126 e. The molecule has 0 aromatic heterocycles. The van der Waals surface area contributed by atoms with Gasteiger partial charge < -0.3 is 10.1 Å². The van der Waals surface area contributed by atoms with Crippen LogP contribution in [0.4, 0.5) is 0 Å². The molecule has 18 heavy (non-hydrogen) atoms. The van der Waals surface area contributed by atoms with Crippen molar-refractivity contribution < 1.29 is 4.74 Å². The molecule has 0 aliphatic carbocycles. The van der Waals surface area contributed by atoms with Crippen molar-refractivity contribution in [3.8, 4) is 5.75 Å². The zero-order chi connectivity index (χ0) is 13.2. The number of ether oxygens (including phenoxy) is 1. The summed E-state index contributed by atoms with van der Waals surface area (Å²) in [5.41, 5.74) is 1.15. The third-order valence-corrected chi connectivity index (χ3v) is 2.81. The van der Waals surface area contributed by atoms with Crippen molar-refractivity contribution in [3.05, 3.63) is 35.9 Å². The molecule has 100 valence electrons. The van der Waals surface area contributed by atoms with E-state index in [9.17, 15) is 0 Å². The molecule has 1 rings (SSSR count). The number of hydrogen-bond acceptors (Lipinski definition) is 2. The summed E-state index contributed by atoms with van der Waals surface area (Å²) in [7, 11) is 0. The summed E-state index contributed by atoms with van der Waals surface area (Å²) in [5, 5.41) is 3.41. The Morgan fingerprint density at radius 2 is 2.06 bits per heavy atom. The standard InChI is InChI=1S/C16H25NO/c1-4-9-14-10-7-8-11-16(14)18-15(6-3)13-17-12-5-2/h4,7-11,15,17H,5-6,12-13H2,1-3H3. The van der Waals surface area contributed by atoms with Gasteiger partial charge in [0, 0.05) is 12.1 Å². The van der Waals surface area contributed by atoms with Crippen LogP contribution in [-0.2, 0) is 0 Å². The van der Waals surface area contributed by atoms with Gasteiger partial charge >= 0.3 is 0 Å². The van der Waals surface area contributed by atoms with E-state index in [0.717, 1.165) is 37.2 Å². The van der Waals surface area contributed by atoms with E-state index in [1.165, 1.54) is 0 Å². The van der Waals surface area contributed by atoms with Crippen LogP contribution >= 0.6 is 0 Å². The second kappa shape index (κ2) is 8.76. The molecular formula is C16H25NO. The van der Waals surface area contributed by atoms with Gasteiger partial charge in [0.2, 0.25) is 0 Å². The molecule has 2 nitrogen and oxygen atoms in total. The molecule has 1 N–H and O–H groups in total. The average Bonchev–Trinajstić information content (AvgIpc) is 2.40. The van der Waals surface area contributed by atoms with E-state index in [1.807, 2.05) is 31.2 Å². The SMILES string of the molecule is CC=Cc1ccccc1OC(CC)CNCCC. The van der Waals surface area contributed by atoms with Crippen LogP contribution < -0.4 is 10.1 Å². The topological polar surface area (TPSA) is 21.3 Å². The highest BCUT2D eigenvalue weighted by molar-refractivity contribution is 5.56. The van der Waals surface area contributed by atoms with Gasteiger partial charge in [0.05, 0.1) is 0 Å². The lowest BCUT2D eigenvalue weighted by atomic mass is 10.2. The molecule has 0 amide bonds. The lowest BCUT2D eigenvalue weighted by Crippen LogP contribution is -2.31. The summed E-state index contributed by atoms with van der Waals surface area (Å²) in [6.45, 7) is 8.33. The molecule has 1 atom stereocenters. The molecule has 0 aliphatic heterocycles. The third kappa shape index (κ3) is 4.92. The Hall–Kier alpha value is -1.28. The van der Waals surface area contributed by atoms with Crippen molar-refractivity contribution in [2.75, 3.05) is 13.1 Å². The molecule has 1 aromatic rings. The number of allylic oxidation sites excluding steroid dienone is 1. The Kier molecular flexibility index (Phi) is 7.19. The fraction of sp³-hybridized carbons (Fsp3) is 0.500. The maximum absolute atomic E-state index is 6.08.